The van der Waals surface area contributed by atoms with Gasteiger partial charge in [-0.15, -0.1) is 0 Å². The lowest BCUT2D eigenvalue weighted by Crippen LogP contribution is -2.28. The third-order valence-corrected chi connectivity index (χ3v) is 4.41. The Bertz CT molecular complexity index is 317. The SMILES string of the molecule is CC1CCCC(CC(=O)NCCCCCCCC(=O)O)C1. The molecule has 0 saturated heterocycles. The fraction of sp³-hybridized carbons (Fsp3) is 0.882. The lowest BCUT2D eigenvalue weighted by molar-refractivity contribution is -0.137. The molecule has 2 unspecified atom stereocenters. The van der Waals surface area contributed by atoms with E-state index in [1.54, 1.807) is 0 Å². The molecule has 0 aromatic heterocycles. The van der Waals surface area contributed by atoms with Gasteiger partial charge in [-0.05, 0) is 37.5 Å². The van der Waals surface area contributed by atoms with Crippen molar-refractivity contribution in [3.8, 4) is 0 Å². The molecule has 0 aromatic rings. The molecule has 122 valence electrons. The minimum atomic E-state index is -0.709. The van der Waals surface area contributed by atoms with Gasteiger partial charge in [0.05, 0.1) is 0 Å². The van der Waals surface area contributed by atoms with Gasteiger partial charge in [-0.3, -0.25) is 9.59 Å². The Kier molecular flexibility index (Phi) is 9.11. The van der Waals surface area contributed by atoms with Gasteiger partial charge in [-0.25, -0.2) is 0 Å². The second kappa shape index (κ2) is 10.6. The maximum Gasteiger partial charge on any atom is 0.303 e. The van der Waals surface area contributed by atoms with Crippen molar-refractivity contribution < 1.29 is 14.7 Å². The third kappa shape index (κ3) is 9.48. The normalized spacial score (nSPS) is 22.0. The van der Waals surface area contributed by atoms with Crippen LogP contribution in [0.25, 0.3) is 0 Å². The molecular weight excluding hydrogens is 266 g/mol. The zero-order valence-electron chi connectivity index (χ0n) is 13.4. The van der Waals surface area contributed by atoms with Crippen LogP contribution in [-0.2, 0) is 9.59 Å². The van der Waals surface area contributed by atoms with E-state index in [4.69, 9.17) is 5.11 Å². The maximum atomic E-state index is 11.9. The standard InChI is InChI=1S/C17H31NO3/c1-14-8-7-9-15(12-14)13-16(19)18-11-6-4-2-3-5-10-17(20)21/h14-15H,2-13H2,1H3,(H,18,19)(H,20,21). The topological polar surface area (TPSA) is 66.4 Å². The quantitative estimate of drug-likeness (QED) is 0.604. The molecule has 1 rings (SSSR count). The third-order valence-electron chi connectivity index (χ3n) is 4.41. The summed E-state index contributed by atoms with van der Waals surface area (Å²) < 4.78 is 0. The first-order chi connectivity index (χ1) is 10.1. The Morgan fingerprint density at radius 3 is 2.52 bits per heavy atom. The summed E-state index contributed by atoms with van der Waals surface area (Å²) in [5.41, 5.74) is 0. The largest absolute Gasteiger partial charge is 0.481 e. The van der Waals surface area contributed by atoms with Gasteiger partial charge >= 0.3 is 5.97 Å². The number of rotatable bonds is 10. The van der Waals surface area contributed by atoms with Crippen LogP contribution in [0.3, 0.4) is 0 Å². The highest BCUT2D eigenvalue weighted by molar-refractivity contribution is 5.76. The summed E-state index contributed by atoms with van der Waals surface area (Å²) in [5, 5.41) is 11.5. The van der Waals surface area contributed by atoms with Crippen molar-refractivity contribution in [2.45, 2.75) is 77.6 Å². The van der Waals surface area contributed by atoms with Gasteiger partial charge in [0.15, 0.2) is 0 Å². The molecule has 0 aliphatic heterocycles. The molecule has 4 heteroatoms. The number of aliphatic carboxylic acids is 1. The van der Waals surface area contributed by atoms with E-state index >= 15 is 0 Å². The van der Waals surface area contributed by atoms with E-state index in [1.165, 1.54) is 25.7 Å². The molecule has 0 radical (unpaired) electrons. The highest BCUT2D eigenvalue weighted by Crippen LogP contribution is 2.30. The average molecular weight is 297 g/mol. The highest BCUT2D eigenvalue weighted by atomic mass is 16.4. The Labute approximate surface area is 128 Å². The molecule has 1 aliphatic rings. The van der Waals surface area contributed by atoms with Crippen LogP contribution in [0.1, 0.15) is 77.6 Å². The zero-order valence-corrected chi connectivity index (χ0v) is 13.4. The first-order valence-electron chi connectivity index (χ1n) is 8.56. The lowest BCUT2D eigenvalue weighted by atomic mass is 9.81. The number of carboxylic acids is 1. The van der Waals surface area contributed by atoms with Gasteiger partial charge in [0.25, 0.3) is 0 Å². The molecule has 0 bridgehead atoms. The van der Waals surface area contributed by atoms with Crippen LogP contribution in [0.15, 0.2) is 0 Å². The Morgan fingerprint density at radius 1 is 1.10 bits per heavy atom. The molecule has 1 saturated carbocycles. The number of carbonyl (C=O) groups is 2. The second-order valence-corrected chi connectivity index (χ2v) is 6.60. The summed E-state index contributed by atoms with van der Waals surface area (Å²) in [4.78, 5) is 22.2. The molecule has 21 heavy (non-hydrogen) atoms. The van der Waals surface area contributed by atoms with Crippen molar-refractivity contribution in [1.29, 1.82) is 0 Å². The Hall–Kier alpha value is -1.06. The second-order valence-electron chi connectivity index (χ2n) is 6.60. The van der Waals surface area contributed by atoms with E-state index in [-0.39, 0.29) is 12.3 Å². The monoisotopic (exact) mass is 297 g/mol. The van der Waals surface area contributed by atoms with Crippen molar-refractivity contribution in [2.75, 3.05) is 6.54 Å². The first-order valence-corrected chi connectivity index (χ1v) is 8.56. The molecule has 0 spiro atoms. The van der Waals surface area contributed by atoms with Crippen LogP contribution in [0, 0.1) is 11.8 Å². The summed E-state index contributed by atoms with van der Waals surface area (Å²) in [6, 6.07) is 0. The summed E-state index contributed by atoms with van der Waals surface area (Å²) in [6.07, 6.45) is 10.8. The van der Waals surface area contributed by atoms with Crippen LogP contribution in [0.2, 0.25) is 0 Å². The number of carboxylic acid groups (broad SMARTS) is 1. The van der Waals surface area contributed by atoms with E-state index in [9.17, 15) is 9.59 Å². The number of hydrogen-bond acceptors (Lipinski definition) is 2. The number of hydrogen-bond donors (Lipinski definition) is 2. The highest BCUT2D eigenvalue weighted by Gasteiger charge is 2.20. The van der Waals surface area contributed by atoms with E-state index in [2.05, 4.69) is 12.2 Å². The Morgan fingerprint density at radius 2 is 1.81 bits per heavy atom. The van der Waals surface area contributed by atoms with Gasteiger partial charge in [0.2, 0.25) is 5.91 Å². The van der Waals surface area contributed by atoms with Crippen molar-refractivity contribution in [1.82, 2.24) is 5.32 Å². The first kappa shape index (κ1) is 18.0. The van der Waals surface area contributed by atoms with Gasteiger partial charge < -0.3 is 10.4 Å². The van der Waals surface area contributed by atoms with E-state index in [0.717, 1.165) is 44.6 Å². The Balaban J connectivity index is 1.92. The summed E-state index contributed by atoms with van der Waals surface area (Å²) >= 11 is 0. The van der Waals surface area contributed by atoms with Crippen LogP contribution in [0.5, 0.6) is 0 Å². The minimum absolute atomic E-state index is 0.208. The maximum absolute atomic E-state index is 11.9. The van der Waals surface area contributed by atoms with Gasteiger partial charge in [-0.1, -0.05) is 39.0 Å². The van der Waals surface area contributed by atoms with Crippen LogP contribution in [-0.4, -0.2) is 23.5 Å². The number of carbonyl (C=O) groups excluding carboxylic acids is 1. The fourth-order valence-electron chi connectivity index (χ4n) is 3.24. The van der Waals surface area contributed by atoms with Crippen molar-refractivity contribution >= 4 is 11.9 Å². The molecule has 2 N–H and O–H groups in total. The molecule has 1 aliphatic carbocycles. The van der Waals surface area contributed by atoms with Crippen molar-refractivity contribution in [3.63, 3.8) is 0 Å². The van der Waals surface area contributed by atoms with Crippen LogP contribution >= 0.6 is 0 Å². The van der Waals surface area contributed by atoms with Crippen LogP contribution in [0.4, 0.5) is 0 Å². The van der Waals surface area contributed by atoms with Crippen molar-refractivity contribution in [2.24, 2.45) is 11.8 Å². The molecule has 4 nitrogen and oxygen atoms in total. The molecule has 2 atom stereocenters. The molecule has 0 aromatic carbocycles. The van der Waals surface area contributed by atoms with Gasteiger partial charge in [-0.2, -0.15) is 0 Å². The lowest BCUT2D eigenvalue weighted by Gasteiger charge is -2.26. The number of nitrogens with one attached hydrogen (secondary N) is 1. The van der Waals surface area contributed by atoms with Crippen LogP contribution < -0.4 is 5.32 Å². The average Bonchev–Trinajstić information content (AvgIpc) is 2.41. The molecule has 1 amide bonds. The van der Waals surface area contributed by atoms with Crippen molar-refractivity contribution in [3.05, 3.63) is 0 Å². The molecular formula is C17H31NO3. The van der Waals surface area contributed by atoms with Gasteiger partial charge in [0, 0.05) is 19.4 Å². The number of amides is 1. The summed E-state index contributed by atoms with van der Waals surface area (Å²) in [7, 11) is 0. The smallest absolute Gasteiger partial charge is 0.303 e. The summed E-state index contributed by atoms with van der Waals surface area (Å²) in [5.74, 6) is 0.867. The van der Waals surface area contributed by atoms with E-state index < -0.39 is 5.97 Å². The minimum Gasteiger partial charge on any atom is -0.481 e. The summed E-state index contributed by atoms with van der Waals surface area (Å²) in [6.45, 7) is 3.05. The zero-order chi connectivity index (χ0) is 15.5. The number of unbranched alkanes of at least 4 members (excludes halogenated alkanes) is 4. The predicted molar refractivity (Wildman–Crippen MR) is 84.1 cm³/mol. The molecule has 1 fully saturated rings. The van der Waals surface area contributed by atoms with E-state index in [1.807, 2.05) is 0 Å². The van der Waals surface area contributed by atoms with E-state index in [0.29, 0.717) is 12.3 Å². The fourth-order valence-corrected chi connectivity index (χ4v) is 3.24. The van der Waals surface area contributed by atoms with Gasteiger partial charge in [0.1, 0.15) is 0 Å². The predicted octanol–water partition coefficient (Wildman–Crippen LogP) is 3.74. The molecule has 0 heterocycles.